The third-order valence-electron chi connectivity index (χ3n) is 4.10. The van der Waals surface area contributed by atoms with Crippen LogP contribution in [0.1, 0.15) is 50.1 Å². The molecule has 0 amide bonds. The van der Waals surface area contributed by atoms with Gasteiger partial charge in [0.05, 0.1) is 11.6 Å². The van der Waals surface area contributed by atoms with Gasteiger partial charge in [0.15, 0.2) is 0 Å². The van der Waals surface area contributed by atoms with Gasteiger partial charge in [-0.3, -0.25) is 5.10 Å². The summed E-state index contributed by atoms with van der Waals surface area (Å²) in [5.74, 6) is -0.538. The molecule has 0 bridgehead atoms. The summed E-state index contributed by atoms with van der Waals surface area (Å²) >= 11 is 6.07. The second-order valence-corrected chi connectivity index (χ2v) is 6.11. The van der Waals surface area contributed by atoms with E-state index in [1.54, 1.807) is 12.1 Å². The second-order valence-electron chi connectivity index (χ2n) is 5.73. The number of hydrogen-bond acceptors (Lipinski definition) is 4. The third kappa shape index (κ3) is 4.68. The molecule has 1 fully saturated rings. The Morgan fingerprint density at radius 1 is 1.41 bits per heavy atom. The highest BCUT2D eigenvalue weighted by molar-refractivity contribution is 6.31. The molecule has 5 nitrogen and oxygen atoms in total. The lowest BCUT2D eigenvalue weighted by Gasteiger charge is -2.15. The zero-order valence-electron chi connectivity index (χ0n) is 15.0. The fourth-order valence-corrected chi connectivity index (χ4v) is 2.90. The predicted molar refractivity (Wildman–Crippen MR) is 99.3 cm³/mol. The first-order valence-electron chi connectivity index (χ1n) is 8.43. The second kappa shape index (κ2) is 9.03. The fourth-order valence-electron chi connectivity index (χ4n) is 2.58. The normalized spacial score (nSPS) is 15.1. The van der Waals surface area contributed by atoms with E-state index in [9.17, 15) is 13.2 Å². The summed E-state index contributed by atoms with van der Waals surface area (Å²) in [6.07, 6.45) is -1.14. The smallest absolute Gasteiger partial charge is 0.279 e. The molecule has 1 heterocycles. The van der Waals surface area contributed by atoms with Crippen molar-refractivity contribution in [2.45, 2.75) is 38.5 Å². The molecule has 1 aromatic heterocycles. The van der Waals surface area contributed by atoms with Crippen molar-refractivity contribution in [3.8, 4) is 0 Å². The van der Waals surface area contributed by atoms with E-state index in [1.807, 2.05) is 13.8 Å². The Labute approximate surface area is 160 Å². The number of hydrogen-bond donors (Lipinski definition) is 1. The van der Waals surface area contributed by atoms with E-state index in [0.717, 1.165) is 18.9 Å². The van der Waals surface area contributed by atoms with Crippen LogP contribution in [0.2, 0.25) is 5.02 Å². The molecule has 1 N–H and O–H groups in total. The van der Waals surface area contributed by atoms with Crippen molar-refractivity contribution in [2.75, 3.05) is 6.54 Å². The van der Waals surface area contributed by atoms with Crippen LogP contribution >= 0.6 is 11.6 Å². The first-order valence-corrected chi connectivity index (χ1v) is 8.80. The molecule has 146 valence electrons. The van der Waals surface area contributed by atoms with Crippen molar-refractivity contribution in [3.63, 3.8) is 0 Å². The lowest BCUT2D eigenvalue weighted by molar-refractivity contribution is 0.146. The summed E-state index contributed by atoms with van der Waals surface area (Å²) in [5.41, 5.74) is -0.00998. The maximum atomic E-state index is 13.7. The molecule has 27 heavy (non-hydrogen) atoms. The number of rotatable bonds is 6. The van der Waals surface area contributed by atoms with Gasteiger partial charge in [-0.25, -0.2) is 18.2 Å². The van der Waals surface area contributed by atoms with Gasteiger partial charge in [-0.2, -0.15) is 5.10 Å². The van der Waals surface area contributed by atoms with Crippen LogP contribution in [-0.2, 0) is 10.3 Å². The van der Waals surface area contributed by atoms with Crippen molar-refractivity contribution < 1.29 is 18.0 Å². The maximum absolute atomic E-state index is 13.7. The van der Waals surface area contributed by atoms with Crippen LogP contribution in [0.5, 0.6) is 0 Å². The number of alkyl halides is 2. The quantitative estimate of drug-likeness (QED) is 0.407. The van der Waals surface area contributed by atoms with Crippen molar-refractivity contribution >= 4 is 24.2 Å². The zero-order valence-corrected chi connectivity index (χ0v) is 15.7. The van der Waals surface area contributed by atoms with Crippen molar-refractivity contribution in [2.24, 2.45) is 10.1 Å². The summed E-state index contributed by atoms with van der Waals surface area (Å²) in [5, 5.41) is 9.31. The van der Waals surface area contributed by atoms with E-state index in [0.29, 0.717) is 5.56 Å². The van der Waals surface area contributed by atoms with Gasteiger partial charge in [-0.05, 0) is 30.5 Å². The SMILES string of the molecule is C=NOC(=NCC1(c2cccc(F)c2Cl)CC1)c1cc(C(F)F)[nH]n1.CC. The molecule has 1 aliphatic carbocycles. The summed E-state index contributed by atoms with van der Waals surface area (Å²) in [4.78, 5) is 9.25. The average Bonchev–Trinajstić information content (AvgIpc) is 3.28. The highest BCUT2D eigenvalue weighted by Gasteiger charge is 2.46. The van der Waals surface area contributed by atoms with Crippen LogP contribution in [0.3, 0.4) is 0 Å². The molecule has 1 aliphatic rings. The summed E-state index contributed by atoms with van der Waals surface area (Å²) in [6.45, 7) is 7.44. The number of aliphatic imine (C=N–C) groups is 1. The Hall–Kier alpha value is -2.35. The molecule has 1 aromatic carbocycles. The molecule has 0 radical (unpaired) electrons. The Morgan fingerprint density at radius 3 is 2.67 bits per heavy atom. The van der Waals surface area contributed by atoms with E-state index in [2.05, 4.69) is 27.1 Å². The van der Waals surface area contributed by atoms with Gasteiger partial charge in [0.1, 0.15) is 17.2 Å². The summed E-state index contributed by atoms with van der Waals surface area (Å²) in [7, 11) is 0. The number of halogens is 4. The Kier molecular flexibility index (Phi) is 7.01. The van der Waals surface area contributed by atoms with Gasteiger partial charge >= 0.3 is 0 Å². The number of nitrogens with zero attached hydrogens (tertiary/aromatic N) is 3. The first-order chi connectivity index (χ1) is 13.0. The number of oxime groups is 1. The average molecular weight is 401 g/mol. The molecule has 0 aliphatic heterocycles. The van der Waals surface area contributed by atoms with Crippen LogP contribution in [0.4, 0.5) is 13.2 Å². The molecule has 0 unspecified atom stereocenters. The maximum Gasteiger partial charge on any atom is 0.279 e. The molecule has 0 saturated heterocycles. The lowest BCUT2D eigenvalue weighted by Crippen LogP contribution is -2.15. The number of benzene rings is 1. The first kappa shape index (κ1) is 21.0. The monoisotopic (exact) mass is 400 g/mol. The highest BCUT2D eigenvalue weighted by Crippen LogP contribution is 2.51. The topological polar surface area (TPSA) is 62.6 Å². The van der Waals surface area contributed by atoms with Gasteiger partial charge in [-0.1, -0.05) is 42.7 Å². The van der Waals surface area contributed by atoms with E-state index in [-0.39, 0.29) is 28.9 Å². The van der Waals surface area contributed by atoms with Gasteiger partial charge in [-0.15, -0.1) is 0 Å². The largest absolute Gasteiger partial charge is 0.335 e. The Balaban J connectivity index is 0.00000126. The van der Waals surface area contributed by atoms with Gasteiger partial charge in [0, 0.05) is 12.1 Å². The molecular formula is C18H20ClF3N4O. The minimum Gasteiger partial charge on any atom is -0.335 e. The molecule has 1 saturated carbocycles. The number of nitrogens with one attached hydrogen (secondary N) is 1. The molecule has 2 aromatic rings. The van der Waals surface area contributed by atoms with Crippen LogP contribution < -0.4 is 0 Å². The van der Waals surface area contributed by atoms with Gasteiger partial charge < -0.3 is 4.84 Å². The summed E-state index contributed by atoms with van der Waals surface area (Å²) in [6, 6.07) is 5.76. The van der Waals surface area contributed by atoms with E-state index in [4.69, 9.17) is 16.4 Å². The van der Waals surface area contributed by atoms with Crippen molar-refractivity contribution in [1.29, 1.82) is 0 Å². The van der Waals surface area contributed by atoms with Crippen LogP contribution in [0, 0.1) is 5.82 Å². The van der Waals surface area contributed by atoms with E-state index >= 15 is 0 Å². The van der Waals surface area contributed by atoms with Gasteiger partial charge in [0.25, 0.3) is 12.3 Å². The van der Waals surface area contributed by atoms with Crippen molar-refractivity contribution in [3.05, 3.63) is 52.1 Å². The number of aromatic amines is 1. The van der Waals surface area contributed by atoms with Crippen LogP contribution in [-0.4, -0.2) is 29.4 Å². The predicted octanol–water partition coefficient (Wildman–Crippen LogP) is 5.28. The molecule has 0 spiro atoms. The van der Waals surface area contributed by atoms with E-state index < -0.39 is 17.7 Å². The minimum atomic E-state index is -2.69. The fraction of sp³-hybridized carbons (Fsp3) is 0.389. The minimum absolute atomic E-state index is 0.0445. The highest BCUT2D eigenvalue weighted by atomic mass is 35.5. The van der Waals surface area contributed by atoms with Crippen molar-refractivity contribution in [1.82, 2.24) is 10.2 Å². The Morgan fingerprint density at radius 2 is 2.11 bits per heavy atom. The molecule has 0 atom stereocenters. The molecule has 9 heteroatoms. The lowest BCUT2D eigenvalue weighted by atomic mass is 9.96. The van der Waals surface area contributed by atoms with Crippen LogP contribution in [0.25, 0.3) is 0 Å². The summed E-state index contributed by atoms with van der Waals surface area (Å²) < 4.78 is 39.1. The zero-order chi connectivity index (χ0) is 20.0. The van der Waals surface area contributed by atoms with Gasteiger partial charge in [0.2, 0.25) is 0 Å². The third-order valence-corrected chi connectivity index (χ3v) is 4.49. The standard InChI is InChI=1S/C16H14ClF3N4O.C2H6/c1-21-25-15(12-7-11(14(19)20)23-24-12)22-8-16(5-6-16)9-3-2-4-10(18)13(9)17;1-2/h2-4,7,14H,1,5-6,8H2,(H,23,24);1-2H3. The number of H-pyrrole nitrogens is 1. The Bertz CT molecular complexity index is 819. The van der Waals surface area contributed by atoms with E-state index in [1.165, 1.54) is 6.07 Å². The number of aromatic nitrogens is 2. The molecular weight excluding hydrogens is 381 g/mol. The molecule has 3 rings (SSSR count). The van der Waals surface area contributed by atoms with Crippen LogP contribution in [0.15, 0.2) is 34.4 Å².